The molecule has 1 heterocycles. The minimum atomic E-state index is -0.800. The van der Waals surface area contributed by atoms with Gasteiger partial charge in [0.1, 0.15) is 6.04 Å². The van der Waals surface area contributed by atoms with Crippen LogP contribution in [-0.4, -0.2) is 65.5 Å². The molecule has 1 saturated heterocycles. The summed E-state index contributed by atoms with van der Waals surface area (Å²) < 4.78 is 0. The number of aryl methyl sites for hydroxylation is 1. The van der Waals surface area contributed by atoms with E-state index in [1.54, 1.807) is 6.92 Å². The predicted molar refractivity (Wildman–Crippen MR) is 89.7 cm³/mol. The van der Waals surface area contributed by atoms with Crippen LogP contribution in [0.3, 0.4) is 0 Å². The first-order valence-corrected chi connectivity index (χ1v) is 7.93. The van der Waals surface area contributed by atoms with Crippen LogP contribution in [0.4, 0.5) is 5.69 Å². The lowest BCUT2D eigenvalue weighted by molar-refractivity contribution is -0.143. The van der Waals surface area contributed by atoms with Crippen LogP contribution >= 0.6 is 0 Å². The maximum absolute atomic E-state index is 12.2. The molecule has 1 atom stereocenters. The van der Waals surface area contributed by atoms with Crippen molar-refractivity contribution in [3.8, 4) is 0 Å². The molecule has 6 heteroatoms. The monoisotopic (exact) mass is 319 g/mol. The quantitative estimate of drug-likeness (QED) is 0.857. The molecule has 1 unspecified atom stereocenters. The van der Waals surface area contributed by atoms with Gasteiger partial charge in [-0.1, -0.05) is 12.1 Å². The van der Waals surface area contributed by atoms with Crippen molar-refractivity contribution in [1.29, 1.82) is 0 Å². The van der Waals surface area contributed by atoms with E-state index < -0.39 is 12.0 Å². The standard InChI is InChI=1S/C17H25N3O3/c1-12-5-4-6-15(13(12)2)18-16(21)11-19-7-9-20(10-8-19)14(3)17(22)23/h4-6,14H,7-11H2,1-3H3,(H,18,21)(H,22,23). The van der Waals surface area contributed by atoms with Crippen molar-refractivity contribution in [3.63, 3.8) is 0 Å². The Kier molecular flexibility index (Phi) is 5.74. The maximum Gasteiger partial charge on any atom is 0.320 e. The maximum atomic E-state index is 12.2. The summed E-state index contributed by atoms with van der Waals surface area (Å²) >= 11 is 0. The van der Waals surface area contributed by atoms with Gasteiger partial charge in [0.25, 0.3) is 0 Å². The molecule has 1 aromatic carbocycles. The smallest absolute Gasteiger partial charge is 0.320 e. The third kappa shape index (κ3) is 4.53. The van der Waals surface area contributed by atoms with Crippen LogP contribution < -0.4 is 5.32 Å². The lowest BCUT2D eigenvalue weighted by Crippen LogP contribution is -2.52. The van der Waals surface area contributed by atoms with Crippen molar-refractivity contribution in [3.05, 3.63) is 29.3 Å². The number of nitrogens with zero attached hydrogens (tertiary/aromatic N) is 2. The molecule has 126 valence electrons. The number of amides is 1. The molecule has 0 spiro atoms. The summed E-state index contributed by atoms with van der Waals surface area (Å²) in [6, 6.07) is 5.39. The van der Waals surface area contributed by atoms with Crippen LogP contribution in [0.2, 0.25) is 0 Å². The van der Waals surface area contributed by atoms with Gasteiger partial charge in [0.05, 0.1) is 6.54 Å². The van der Waals surface area contributed by atoms with Crippen molar-refractivity contribution >= 4 is 17.6 Å². The molecular weight excluding hydrogens is 294 g/mol. The lowest BCUT2D eigenvalue weighted by Gasteiger charge is -2.36. The van der Waals surface area contributed by atoms with E-state index in [4.69, 9.17) is 5.11 Å². The number of rotatable bonds is 5. The Morgan fingerprint density at radius 3 is 2.48 bits per heavy atom. The summed E-state index contributed by atoms with van der Waals surface area (Å²) in [6.45, 7) is 8.81. The van der Waals surface area contributed by atoms with Gasteiger partial charge in [-0.3, -0.25) is 19.4 Å². The van der Waals surface area contributed by atoms with E-state index in [1.165, 1.54) is 0 Å². The molecule has 1 aromatic rings. The molecule has 1 aliphatic heterocycles. The van der Waals surface area contributed by atoms with Crippen molar-refractivity contribution in [1.82, 2.24) is 9.80 Å². The number of hydrogen-bond acceptors (Lipinski definition) is 4. The molecule has 23 heavy (non-hydrogen) atoms. The Hall–Kier alpha value is -1.92. The van der Waals surface area contributed by atoms with Gasteiger partial charge in [-0.15, -0.1) is 0 Å². The van der Waals surface area contributed by atoms with Gasteiger partial charge in [-0.05, 0) is 38.0 Å². The van der Waals surface area contributed by atoms with E-state index in [1.807, 2.05) is 36.9 Å². The number of piperazine rings is 1. The first-order chi connectivity index (χ1) is 10.9. The second-order valence-corrected chi connectivity index (χ2v) is 6.12. The van der Waals surface area contributed by atoms with E-state index in [2.05, 4.69) is 10.2 Å². The number of carbonyl (C=O) groups is 2. The minimum absolute atomic E-state index is 0.0292. The summed E-state index contributed by atoms with van der Waals surface area (Å²) in [5.41, 5.74) is 3.09. The van der Waals surface area contributed by atoms with Crippen molar-refractivity contribution < 1.29 is 14.7 Å². The van der Waals surface area contributed by atoms with Crippen molar-refractivity contribution in [2.24, 2.45) is 0 Å². The van der Waals surface area contributed by atoms with E-state index in [0.29, 0.717) is 32.7 Å². The first kappa shape index (κ1) is 17.4. The second kappa shape index (κ2) is 7.57. The van der Waals surface area contributed by atoms with Crippen LogP contribution in [0.5, 0.6) is 0 Å². The highest BCUT2D eigenvalue weighted by atomic mass is 16.4. The van der Waals surface area contributed by atoms with E-state index in [9.17, 15) is 9.59 Å². The number of nitrogens with one attached hydrogen (secondary N) is 1. The first-order valence-electron chi connectivity index (χ1n) is 7.93. The molecule has 0 aliphatic carbocycles. The zero-order valence-corrected chi connectivity index (χ0v) is 14.0. The molecule has 1 fully saturated rings. The highest BCUT2D eigenvalue weighted by Gasteiger charge is 2.25. The van der Waals surface area contributed by atoms with Gasteiger partial charge in [0.2, 0.25) is 5.91 Å². The van der Waals surface area contributed by atoms with E-state index in [-0.39, 0.29) is 5.91 Å². The number of aliphatic carboxylic acids is 1. The number of anilines is 1. The van der Waals surface area contributed by atoms with Gasteiger partial charge in [0.15, 0.2) is 0 Å². The van der Waals surface area contributed by atoms with Gasteiger partial charge in [0, 0.05) is 31.9 Å². The van der Waals surface area contributed by atoms with Gasteiger partial charge in [-0.2, -0.15) is 0 Å². The fourth-order valence-electron chi connectivity index (χ4n) is 2.74. The number of hydrogen-bond donors (Lipinski definition) is 2. The normalized spacial score (nSPS) is 17.7. The second-order valence-electron chi connectivity index (χ2n) is 6.12. The van der Waals surface area contributed by atoms with Crippen LogP contribution in [0.25, 0.3) is 0 Å². The molecule has 1 amide bonds. The number of benzene rings is 1. The number of carboxylic acids is 1. The van der Waals surface area contributed by atoms with Gasteiger partial charge >= 0.3 is 5.97 Å². The zero-order valence-electron chi connectivity index (χ0n) is 14.0. The lowest BCUT2D eigenvalue weighted by atomic mass is 10.1. The highest BCUT2D eigenvalue weighted by Crippen LogP contribution is 2.18. The fourth-order valence-corrected chi connectivity index (χ4v) is 2.74. The third-order valence-electron chi connectivity index (χ3n) is 4.56. The fraction of sp³-hybridized carbons (Fsp3) is 0.529. The zero-order chi connectivity index (χ0) is 17.0. The average Bonchev–Trinajstić information content (AvgIpc) is 2.52. The molecule has 2 N–H and O–H groups in total. The van der Waals surface area contributed by atoms with Crippen LogP contribution in [0, 0.1) is 13.8 Å². The topological polar surface area (TPSA) is 72.9 Å². The predicted octanol–water partition coefficient (Wildman–Crippen LogP) is 1.33. The SMILES string of the molecule is Cc1cccc(NC(=O)CN2CCN(C(C)C(=O)O)CC2)c1C. The highest BCUT2D eigenvalue weighted by molar-refractivity contribution is 5.93. The molecular formula is C17H25N3O3. The molecule has 0 saturated carbocycles. The van der Waals surface area contributed by atoms with Gasteiger partial charge in [-0.25, -0.2) is 0 Å². The largest absolute Gasteiger partial charge is 0.480 e. The van der Waals surface area contributed by atoms with E-state index >= 15 is 0 Å². The summed E-state index contributed by atoms with van der Waals surface area (Å²) in [5, 5.41) is 12.0. The van der Waals surface area contributed by atoms with Gasteiger partial charge < -0.3 is 10.4 Å². The Bertz CT molecular complexity index is 580. The summed E-state index contributed by atoms with van der Waals surface area (Å²) in [6.07, 6.45) is 0. The Morgan fingerprint density at radius 2 is 1.87 bits per heavy atom. The third-order valence-corrected chi connectivity index (χ3v) is 4.56. The Balaban J connectivity index is 1.83. The molecule has 0 aromatic heterocycles. The minimum Gasteiger partial charge on any atom is -0.480 e. The number of carboxylic acid groups (broad SMARTS) is 1. The van der Waals surface area contributed by atoms with E-state index in [0.717, 1.165) is 16.8 Å². The van der Waals surface area contributed by atoms with Crippen LogP contribution in [0.1, 0.15) is 18.1 Å². The molecule has 2 rings (SSSR count). The Morgan fingerprint density at radius 1 is 1.22 bits per heavy atom. The molecule has 0 radical (unpaired) electrons. The summed E-state index contributed by atoms with van der Waals surface area (Å²) in [4.78, 5) is 27.2. The average molecular weight is 319 g/mol. The van der Waals surface area contributed by atoms with Crippen molar-refractivity contribution in [2.45, 2.75) is 26.8 Å². The van der Waals surface area contributed by atoms with Crippen molar-refractivity contribution in [2.75, 3.05) is 38.0 Å². The summed E-state index contributed by atoms with van der Waals surface area (Å²) in [5.74, 6) is -0.829. The van der Waals surface area contributed by atoms with Crippen LogP contribution in [0.15, 0.2) is 18.2 Å². The van der Waals surface area contributed by atoms with Crippen LogP contribution in [-0.2, 0) is 9.59 Å². The molecule has 6 nitrogen and oxygen atoms in total. The summed E-state index contributed by atoms with van der Waals surface area (Å²) in [7, 11) is 0. The molecule has 1 aliphatic rings. The molecule has 0 bridgehead atoms. The Labute approximate surface area is 137 Å². The number of carbonyl (C=O) groups excluding carboxylic acids is 1.